The van der Waals surface area contributed by atoms with Crippen LogP contribution in [0.4, 0.5) is 11.6 Å². The van der Waals surface area contributed by atoms with Gasteiger partial charge in [-0.25, -0.2) is 14.8 Å². The van der Waals surface area contributed by atoms with E-state index in [2.05, 4.69) is 30.6 Å². The molecule has 2 heterocycles. The van der Waals surface area contributed by atoms with Crippen LogP contribution in [0.3, 0.4) is 0 Å². The average Bonchev–Trinajstić information content (AvgIpc) is 2.91. The molecule has 14 heteroatoms. The fourth-order valence-electron chi connectivity index (χ4n) is 3.47. The number of carboxylic acid groups (broad SMARTS) is 1. The minimum Gasteiger partial charge on any atom is -0.504 e. The molecular formula is C25H23N7O7. The second-order valence-electron chi connectivity index (χ2n) is 8.26. The standard InChI is InChI=1S/C25H23N7O7/c26-25-31-21-20(23(36)32-25)29-15(12-28-21)11-27-14-7-5-13(6-8-14)22(35)30-16(24(37)38)9-10-19(34)39-18-4-2-1-3-17(18)33/h1-8,12,16,27,33H,9-11H2,(H,30,35)(H,37,38)(H3,26,28,31,32,36)/t16-/m0/s1. The molecule has 0 aliphatic carbocycles. The summed E-state index contributed by atoms with van der Waals surface area (Å²) in [5.74, 6) is -3.04. The molecule has 200 valence electrons. The van der Waals surface area contributed by atoms with Gasteiger partial charge < -0.3 is 31.3 Å². The predicted octanol–water partition coefficient (Wildman–Crippen LogP) is 1.18. The summed E-state index contributed by atoms with van der Waals surface area (Å²) in [7, 11) is 0. The zero-order valence-electron chi connectivity index (χ0n) is 20.2. The molecule has 0 saturated carbocycles. The van der Waals surface area contributed by atoms with E-state index in [0.717, 1.165) is 0 Å². The number of aromatic amines is 1. The summed E-state index contributed by atoms with van der Waals surface area (Å²) in [5, 5.41) is 24.6. The number of rotatable bonds is 10. The lowest BCUT2D eigenvalue weighted by atomic mass is 10.1. The highest BCUT2D eigenvalue weighted by Gasteiger charge is 2.22. The summed E-state index contributed by atoms with van der Waals surface area (Å²) < 4.78 is 5.03. The van der Waals surface area contributed by atoms with E-state index in [1.807, 2.05) is 0 Å². The van der Waals surface area contributed by atoms with Crippen LogP contribution in [0.2, 0.25) is 0 Å². The third kappa shape index (κ3) is 6.82. The Morgan fingerprint density at radius 2 is 1.82 bits per heavy atom. The van der Waals surface area contributed by atoms with Crippen LogP contribution in [0.25, 0.3) is 11.2 Å². The minimum atomic E-state index is -1.34. The largest absolute Gasteiger partial charge is 0.504 e. The Morgan fingerprint density at radius 1 is 1.08 bits per heavy atom. The van der Waals surface area contributed by atoms with E-state index in [1.54, 1.807) is 24.3 Å². The van der Waals surface area contributed by atoms with E-state index in [9.17, 15) is 29.4 Å². The molecule has 0 unspecified atom stereocenters. The van der Waals surface area contributed by atoms with Gasteiger partial charge in [-0.2, -0.15) is 4.98 Å². The topological polar surface area (TPSA) is 223 Å². The number of carbonyl (C=O) groups excluding carboxylic acids is 2. The molecule has 2 aromatic heterocycles. The Morgan fingerprint density at radius 3 is 2.54 bits per heavy atom. The van der Waals surface area contributed by atoms with Gasteiger partial charge in [-0.1, -0.05) is 12.1 Å². The van der Waals surface area contributed by atoms with Crippen molar-refractivity contribution in [2.45, 2.75) is 25.4 Å². The van der Waals surface area contributed by atoms with Crippen LogP contribution < -0.4 is 26.7 Å². The van der Waals surface area contributed by atoms with E-state index < -0.39 is 29.4 Å². The van der Waals surface area contributed by atoms with Crippen LogP contribution in [0, 0.1) is 0 Å². The molecule has 0 radical (unpaired) electrons. The van der Waals surface area contributed by atoms with Gasteiger partial charge in [-0.05, 0) is 42.8 Å². The van der Waals surface area contributed by atoms with Gasteiger partial charge >= 0.3 is 11.9 Å². The van der Waals surface area contributed by atoms with Crippen LogP contribution in [0.1, 0.15) is 28.9 Å². The summed E-state index contributed by atoms with van der Waals surface area (Å²) in [6, 6.07) is 10.7. The molecule has 0 spiro atoms. The molecular weight excluding hydrogens is 510 g/mol. The van der Waals surface area contributed by atoms with Crippen LogP contribution in [-0.2, 0) is 16.1 Å². The summed E-state index contributed by atoms with van der Waals surface area (Å²) in [4.78, 5) is 62.9. The highest BCUT2D eigenvalue weighted by Crippen LogP contribution is 2.25. The van der Waals surface area contributed by atoms with E-state index in [-0.39, 0.29) is 53.6 Å². The van der Waals surface area contributed by atoms with Gasteiger partial charge in [-0.15, -0.1) is 0 Å². The maximum atomic E-state index is 12.6. The van der Waals surface area contributed by atoms with Crippen molar-refractivity contribution in [2.75, 3.05) is 11.1 Å². The Balaban J connectivity index is 1.31. The normalized spacial score (nSPS) is 11.5. The number of phenolic OH excluding ortho intramolecular Hbond substituents is 1. The average molecular weight is 534 g/mol. The molecule has 14 nitrogen and oxygen atoms in total. The molecule has 1 atom stereocenters. The number of carboxylic acids is 1. The van der Waals surface area contributed by atoms with Crippen molar-refractivity contribution in [1.82, 2.24) is 25.3 Å². The quantitative estimate of drug-likeness (QED) is 0.125. The number of hydrogen-bond acceptors (Lipinski definition) is 11. The summed E-state index contributed by atoms with van der Waals surface area (Å²) in [6.07, 6.45) is 0.930. The number of aromatic hydroxyl groups is 1. The molecule has 0 saturated heterocycles. The number of nitrogens with one attached hydrogen (secondary N) is 3. The fraction of sp³-hybridized carbons (Fsp3) is 0.160. The number of amides is 1. The van der Waals surface area contributed by atoms with Crippen LogP contribution in [-0.4, -0.2) is 54.0 Å². The molecule has 7 N–H and O–H groups in total. The van der Waals surface area contributed by atoms with Gasteiger partial charge in [0.15, 0.2) is 22.7 Å². The number of phenols is 1. The van der Waals surface area contributed by atoms with Crippen LogP contribution >= 0.6 is 0 Å². The monoisotopic (exact) mass is 533 g/mol. The van der Waals surface area contributed by atoms with Crippen LogP contribution in [0.15, 0.2) is 59.5 Å². The molecule has 2 aromatic carbocycles. The summed E-state index contributed by atoms with van der Waals surface area (Å²) in [6.45, 7) is 0.218. The lowest BCUT2D eigenvalue weighted by Gasteiger charge is -2.15. The Kier molecular flexibility index (Phi) is 7.95. The number of hydrogen-bond donors (Lipinski definition) is 6. The number of nitrogens with zero attached hydrogens (tertiary/aromatic N) is 3. The lowest BCUT2D eigenvalue weighted by Crippen LogP contribution is -2.41. The van der Waals surface area contributed by atoms with Gasteiger partial charge in [0.1, 0.15) is 6.04 Å². The van der Waals surface area contributed by atoms with Crippen molar-refractivity contribution >= 4 is 40.6 Å². The molecule has 39 heavy (non-hydrogen) atoms. The molecule has 1 amide bonds. The number of ether oxygens (including phenoxy) is 1. The predicted molar refractivity (Wildman–Crippen MR) is 138 cm³/mol. The number of H-pyrrole nitrogens is 1. The number of fused-ring (bicyclic) bond motifs is 1. The molecule has 0 bridgehead atoms. The van der Waals surface area contributed by atoms with Gasteiger partial charge in [0.05, 0.1) is 18.4 Å². The number of carbonyl (C=O) groups is 3. The smallest absolute Gasteiger partial charge is 0.326 e. The first-order valence-electron chi connectivity index (χ1n) is 11.6. The number of benzene rings is 2. The van der Waals surface area contributed by atoms with Crippen molar-refractivity contribution in [2.24, 2.45) is 0 Å². The van der Waals surface area contributed by atoms with E-state index in [0.29, 0.717) is 11.4 Å². The van der Waals surface area contributed by atoms with E-state index >= 15 is 0 Å². The van der Waals surface area contributed by atoms with Crippen molar-refractivity contribution in [1.29, 1.82) is 0 Å². The number of anilines is 2. The zero-order valence-corrected chi connectivity index (χ0v) is 20.2. The highest BCUT2D eigenvalue weighted by molar-refractivity contribution is 5.97. The Bertz CT molecular complexity index is 1590. The molecule has 0 aliphatic heterocycles. The van der Waals surface area contributed by atoms with Gasteiger partial charge in [0, 0.05) is 17.7 Å². The SMILES string of the molecule is Nc1nc2ncc(CNc3ccc(C(=O)N[C@@H](CCC(=O)Oc4ccccc4O)C(=O)O)cc3)nc2c(=O)[nH]1. The molecule has 4 rings (SSSR count). The number of esters is 1. The van der Waals surface area contributed by atoms with Crippen LogP contribution in [0.5, 0.6) is 11.5 Å². The highest BCUT2D eigenvalue weighted by atomic mass is 16.5. The lowest BCUT2D eigenvalue weighted by molar-refractivity contribution is -0.140. The van der Waals surface area contributed by atoms with Gasteiger partial charge in [-0.3, -0.25) is 19.4 Å². The summed E-state index contributed by atoms with van der Waals surface area (Å²) >= 11 is 0. The first-order valence-corrected chi connectivity index (χ1v) is 11.6. The van der Waals surface area contributed by atoms with Crippen molar-refractivity contribution in [3.8, 4) is 11.5 Å². The van der Waals surface area contributed by atoms with Gasteiger partial charge in [0.25, 0.3) is 11.5 Å². The van der Waals surface area contributed by atoms with E-state index in [1.165, 1.54) is 30.5 Å². The van der Waals surface area contributed by atoms with E-state index in [4.69, 9.17) is 10.5 Å². The minimum absolute atomic E-state index is 0.0457. The second kappa shape index (κ2) is 11.7. The number of aromatic nitrogens is 4. The third-order valence-electron chi connectivity index (χ3n) is 5.44. The number of nitrogen functional groups attached to an aromatic ring is 1. The molecule has 0 aliphatic rings. The first kappa shape index (κ1) is 26.5. The van der Waals surface area contributed by atoms with Crippen molar-refractivity contribution < 1.29 is 29.3 Å². The van der Waals surface area contributed by atoms with Gasteiger partial charge in [0.2, 0.25) is 5.95 Å². The number of para-hydroxylation sites is 2. The molecule has 0 fully saturated rings. The first-order chi connectivity index (χ1) is 18.7. The maximum Gasteiger partial charge on any atom is 0.326 e. The zero-order chi connectivity index (χ0) is 27.9. The Hall–Kier alpha value is -5.53. The number of aliphatic carboxylic acids is 1. The fourth-order valence-corrected chi connectivity index (χ4v) is 3.47. The maximum absolute atomic E-state index is 12.6. The molecule has 4 aromatic rings. The Labute approximate surface area is 219 Å². The van der Waals surface area contributed by atoms with Crippen molar-refractivity contribution in [3.05, 3.63) is 76.3 Å². The third-order valence-corrected chi connectivity index (χ3v) is 5.44. The van der Waals surface area contributed by atoms with Crippen molar-refractivity contribution in [3.63, 3.8) is 0 Å². The number of nitrogens with two attached hydrogens (primary N) is 1. The summed E-state index contributed by atoms with van der Waals surface area (Å²) in [5.41, 5.74) is 6.46. The second-order valence-corrected chi connectivity index (χ2v) is 8.26.